The van der Waals surface area contributed by atoms with E-state index in [4.69, 9.17) is 0 Å². The van der Waals surface area contributed by atoms with Crippen LogP contribution in [0.4, 0.5) is 15.2 Å². The predicted molar refractivity (Wildman–Crippen MR) is 126 cm³/mol. The molecule has 0 radical (unpaired) electrons. The van der Waals surface area contributed by atoms with E-state index in [0.717, 1.165) is 10.6 Å². The summed E-state index contributed by atoms with van der Waals surface area (Å²) in [5.41, 5.74) is 0.961. The highest BCUT2D eigenvalue weighted by molar-refractivity contribution is 8.00. The highest BCUT2D eigenvalue weighted by Crippen LogP contribution is 2.29. The number of rotatable bonds is 9. The molecule has 0 aliphatic heterocycles. The van der Waals surface area contributed by atoms with E-state index in [-0.39, 0.29) is 17.1 Å². The fourth-order valence-corrected chi connectivity index (χ4v) is 4.86. The summed E-state index contributed by atoms with van der Waals surface area (Å²) in [7, 11) is 0. The Kier molecular flexibility index (Phi) is 8.44. The van der Waals surface area contributed by atoms with E-state index in [1.807, 2.05) is 32.0 Å². The largest absolute Gasteiger partial charge is 0.322 e. The molecule has 1 unspecified atom stereocenters. The normalized spacial score (nSPS) is 11.7. The van der Waals surface area contributed by atoms with Crippen molar-refractivity contribution < 1.29 is 14.0 Å². The van der Waals surface area contributed by atoms with Gasteiger partial charge in [0.2, 0.25) is 16.2 Å². The van der Waals surface area contributed by atoms with Gasteiger partial charge in [-0.3, -0.25) is 14.9 Å². The van der Waals surface area contributed by atoms with Crippen LogP contribution in [0, 0.1) is 5.82 Å². The smallest absolute Gasteiger partial charge is 0.255 e. The number of benzene rings is 2. The lowest BCUT2D eigenvalue weighted by Gasteiger charge is -2.14. The van der Waals surface area contributed by atoms with Gasteiger partial charge in [0.05, 0.1) is 5.25 Å². The zero-order valence-corrected chi connectivity index (χ0v) is 19.4. The SMILES string of the molecule is CCSc1nsc(NC(=O)C(CC)Sc2cccc(NC(=O)c3ccc(F)cc3)c2)n1. The highest BCUT2D eigenvalue weighted by atomic mass is 32.2. The van der Waals surface area contributed by atoms with Crippen LogP contribution in [0.5, 0.6) is 0 Å². The number of thioether (sulfide) groups is 2. The molecule has 0 fully saturated rings. The molecule has 1 aromatic heterocycles. The fraction of sp³-hybridized carbons (Fsp3) is 0.238. The predicted octanol–water partition coefficient (Wildman–Crippen LogP) is 5.55. The van der Waals surface area contributed by atoms with E-state index in [9.17, 15) is 14.0 Å². The minimum Gasteiger partial charge on any atom is -0.322 e. The van der Waals surface area contributed by atoms with Gasteiger partial charge in [-0.2, -0.15) is 9.36 Å². The summed E-state index contributed by atoms with van der Waals surface area (Å²) in [5, 5.41) is 6.46. The van der Waals surface area contributed by atoms with Crippen LogP contribution in [-0.4, -0.2) is 32.2 Å². The van der Waals surface area contributed by atoms with Gasteiger partial charge in [0.1, 0.15) is 5.82 Å². The summed E-state index contributed by atoms with van der Waals surface area (Å²) in [5.74, 6) is 0.0000969. The molecule has 0 saturated carbocycles. The molecule has 2 N–H and O–H groups in total. The maximum Gasteiger partial charge on any atom is 0.255 e. The number of hydrogen-bond donors (Lipinski definition) is 2. The van der Waals surface area contributed by atoms with Crippen LogP contribution < -0.4 is 10.6 Å². The Bertz CT molecular complexity index is 1040. The van der Waals surface area contributed by atoms with E-state index in [1.54, 1.807) is 6.07 Å². The first-order chi connectivity index (χ1) is 15.0. The molecule has 1 heterocycles. The second-order valence-corrected chi connectivity index (χ2v) is 9.57. The maximum atomic E-state index is 13.0. The van der Waals surface area contributed by atoms with Gasteiger partial charge in [-0.15, -0.1) is 11.8 Å². The van der Waals surface area contributed by atoms with Crippen molar-refractivity contribution >= 4 is 57.7 Å². The summed E-state index contributed by atoms with van der Waals surface area (Å²) < 4.78 is 17.3. The third kappa shape index (κ3) is 6.78. The van der Waals surface area contributed by atoms with Crippen molar-refractivity contribution in [2.45, 2.75) is 35.6 Å². The first-order valence-electron chi connectivity index (χ1n) is 9.59. The second-order valence-electron chi connectivity index (χ2n) is 6.31. The maximum absolute atomic E-state index is 13.0. The third-order valence-electron chi connectivity index (χ3n) is 4.05. The number of amides is 2. The summed E-state index contributed by atoms with van der Waals surface area (Å²) in [6, 6.07) is 12.6. The van der Waals surface area contributed by atoms with Crippen molar-refractivity contribution in [1.29, 1.82) is 0 Å². The van der Waals surface area contributed by atoms with Gasteiger partial charge < -0.3 is 5.32 Å². The molecular weight excluding hydrogens is 455 g/mol. The van der Waals surface area contributed by atoms with Crippen LogP contribution in [0.2, 0.25) is 0 Å². The molecule has 1 atom stereocenters. The molecule has 0 saturated heterocycles. The van der Waals surface area contributed by atoms with Crippen LogP contribution in [0.15, 0.2) is 58.6 Å². The minimum atomic E-state index is -0.396. The molecule has 10 heteroatoms. The Hall–Kier alpha value is -2.43. The van der Waals surface area contributed by atoms with Crippen molar-refractivity contribution in [1.82, 2.24) is 9.36 Å². The first-order valence-corrected chi connectivity index (χ1v) is 12.2. The standard InChI is InChI=1S/C21H21FN4O2S3/c1-3-17(19(28)24-20-25-21(26-31-20)29-4-2)30-16-7-5-6-15(12-16)23-18(27)13-8-10-14(22)11-9-13/h5-12,17H,3-4H2,1-2H3,(H,23,27)(H,24,25,26,28). The number of aromatic nitrogens is 2. The van der Waals surface area contributed by atoms with Crippen LogP contribution in [0.1, 0.15) is 30.6 Å². The van der Waals surface area contributed by atoms with Crippen molar-refractivity contribution in [3.8, 4) is 0 Å². The van der Waals surface area contributed by atoms with Gasteiger partial charge in [0.25, 0.3) is 5.91 Å². The van der Waals surface area contributed by atoms with Gasteiger partial charge in [0, 0.05) is 27.7 Å². The van der Waals surface area contributed by atoms with Crippen molar-refractivity contribution in [3.05, 3.63) is 59.9 Å². The Balaban J connectivity index is 1.62. The average Bonchev–Trinajstić information content (AvgIpc) is 3.19. The zero-order chi connectivity index (χ0) is 22.2. The molecule has 0 bridgehead atoms. The Morgan fingerprint density at radius 2 is 1.90 bits per heavy atom. The van der Waals surface area contributed by atoms with E-state index in [2.05, 4.69) is 20.0 Å². The quantitative estimate of drug-likeness (QED) is 0.394. The van der Waals surface area contributed by atoms with E-state index < -0.39 is 5.82 Å². The molecule has 31 heavy (non-hydrogen) atoms. The number of carbonyl (C=O) groups excluding carboxylic acids is 2. The number of hydrogen-bond acceptors (Lipinski definition) is 7. The number of nitrogens with one attached hydrogen (secondary N) is 2. The third-order valence-corrected chi connectivity index (χ3v) is 6.88. The summed E-state index contributed by atoms with van der Waals surface area (Å²) in [4.78, 5) is 30.2. The van der Waals surface area contributed by atoms with Crippen molar-refractivity contribution in [2.24, 2.45) is 0 Å². The molecule has 0 aliphatic carbocycles. The average molecular weight is 477 g/mol. The van der Waals surface area contributed by atoms with Crippen LogP contribution in [0.25, 0.3) is 0 Å². The van der Waals surface area contributed by atoms with Crippen molar-refractivity contribution in [3.63, 3.8) is 0 Å². The molecule has 3 aromatic rings. The summed E-state index contributed by atoms with van der Waals surface area (Å²) in [6.07, 6.45) is 0.623. The van der Waals surface area contributed by atoms with Gasteiger partial charge in [-0.25, -0.2) is 4.39 Å². The van der Waals surface area contributed by atoms with Crippen LogP contribution in [0.3, 0.4) is 0 Å². The lowest BCUT2D eigenvalue weighted by molar-refractivity contribution is -0.115. The fourth-order valence-electron chi connectivity index (χ4n) is 2.57. The highest BCUT2D eigenvalue weighted by Gasteiger charge is 2.20. The topological polar surface area (TPSA) is 84.0 Å². The first kappa shape index (κ1) is 23.2. The Labute approximate surface area is 192 Å². The van der Waals surface area contributed by atoms with Crippen LogP contribution in [-0.2, 0) is 4.79 Å². The van der Waals surface area contributed by atoms with Crippen molar-refractivity contribution in [2.75, 3.05) is 16.4 Å². The molecule has 6 nitrogen and oxygen atoms in total. The molecule has 0 aliphatic rings. The number of carbonyl (C=O) groups is 2. The van der Waals surface area contributed by atoms with E-state index in [0.29, 0.717) is 28.0 Å². The molecular formula is C21H21FN4O2S3. The molecule has 2 amide bonds. The number of anilines is 2. The van der Waals surface area contributed by atoms with Gasteiger partial charge in [-0.05, 0) is 54.6 Å². The lowest BCUT2D eigenvalue weighted by atomic mass is 10.2. The summed E-state index contributed by atoms with van der Waals surface area (Å²) in [6.45, 7) is 3.96. The Morgan fingerprint density at radius 1 is 1.13 bits per heavy atom. The second kappa shape index (κ2) is 11.3. The lowest BCUT2D eigenvalue weighted by Crippen LogP contribution is -2.24. The Morgan fingerprint density at radius 3 is 2.61 bits per heavy atom. The number of halogens is 1. The van der Waals surface area contributed by atoms with Crippen LogP contribution >= 0.6 is 35.1 Å². The van der Waals surface area contributed by atoms with Gasteiger partial charge in [0.15, 0.2) is 0 Å². The summed E-state index contributed by atoms with van der Waals surface area (Å²) >= 11 is 4.10. The minimum absolute atomic E-state index is 0.141. The monoisotopic (exact) mass is 476 g/mol. The van der Waals surface area contributed by atoms with E-state index in [1.165, 1.54) is 59.3 Å². The molecule has 3 rings (SSSR count). The van der Waals surface area contributed by atoms with Gasteiger partial charge >= 0.3 is 0 Å². The molecule has 2 aromatic carbocycles. The van der Waals surface area contributed by atoms with Gasteiger partial charge in [-0.1, -0.05) is 31.7 Å². The zero-order valence-electron chi connectivity index (χ0n) is 16.9. The number of nitrogens with zero attached hydrogens (tertiary/aromatic N) is 2. The van der Waals surface area contributed by atoms with E-state index >= 15 is 0 Å². The molecule has 0 spiro atoms. The molecule has 162 valence electrons.